The molecule has 2 atom stereocenters. The third kappa shape index (κ3) is 5.55. The average Bonchev–Trinajstić information content (AvgIpc) is 3.35. The smallest absolute Gasteiger partial charge is 0.417 e. The Hall–Kier alpha value is -3.22. The van der Waals surface area contributed by atoms with Gasteiger partial charge in [-0.2, -0.15) is 18.3 Å². The van der Waals surface area contributed by atoms with Crippen molar-refractivity contribution < 1.29 is 37.0 Å². The maximum atomic E-state index is 14.2. The Morgan fingerprint density at radius 1 is 1.24 bits per heavy atom. The van der Waals surface area contributed by atoms with E-state index >= 15 is 0 Å². The zero-order valence-corrected chi connectivity index (χ0v) is 20.4. The fraction of sp³-hybridized carbons (Fsp3) is 0.583. The van der Waals surface area contributed by atoms with E-state index in [0.29, 0.717) is 12.8 Å². The number of hydrogen-bond donors (Lipinski definition) is 3. The van der Waals surface area contributed by atoms with Crippen molar-refractivity contribution in [3.63, 3.8) is 0 Å². The molecule has 0 bridgehead atoms. The van der Waals surface area contributed by atoms with Gasteiger partial charge in [-0.3, -0.25) is 14.7 Å². The van der Waals surface area contributed by atoms with Gasteiger partial charge in [0.05, 0.1) is 19.0 Å². The van der Waals surface area contributed by atoms with Gasteiger partial charge < -0.3 is 20.1 Å². The zero-order valence-electron chi connectivity index (χ0n) is 20.4. The van der Waals surface area contributed by atoms with Crippen LogP contribution in [-0.4, -0.2) is 74.5 Å². The van der Waals surface area contributed by atoms with Gasteiger partial charge in [-0.1, -0.05) is 0 Å². The topological polar surface area (TPSA) is 120 Å². The molecule has 9 nitrogen and oxygen atoms in total. The highest BCUT2D eigenvalue weighted by molar-refractivity contribution is 5.94. The number of alkyl halides is 3. The first-order valence-electron chi connectivity index (χ1n) is 12.1. The number of piperidine rings is 1. The summed E-state index contributed by atoms with van der Waals surface area (Å²) in [5, 5.41) is 19.3. The van der Waals surface area contributed by atoms with E-state index in [0.717, 1.165) is 6.20 Å². The number of carbonyl (C=O) groups excluding carboxylic acids is 2. The summed E-state index contributed by atoms with van der Waals surface area (Å²) < 4.78 is 58.3. The van der Waals surface area contributed by atoms with Crippen LogP contribution in [0.1, 0.15) is 55.9 Å². The summed E-state index contributed by atoms with van der Waals surface area (Å²) in [6.45, 7) is 2.10. The lowest BCUT2D eigenvalue weighted by atomic mass is 9.81. The molecule has 37 heavy (non-hydrogen) atoms. The molecule has 3 heterocycles. The number of aromatic nitrogens is 3. The van der Waals surface area contributed by atoms with E-state index in [-0.39, 0.29) is 60.1 Å². The van der Waals surface area contributed by atoms with Gasteiger partial charge >= 0.3 is 6.18 Å². The lowest BCUT2D eigenvalue weighted by molar-refractivity contribution is -0.270. The molecular weight excluding hydrogens is 498 g/mol. The van der Waals surface area contributed by atoms with Crippen LogP contribution in [0.3, 0.4) is 0 Å². The first kappa shape index (κ1) is 26.8. The van der Waals surface area contributed by atoms with Crippen molar-refractivity contribution in [3.8, 4) is 17.1 Å². The summed E-state index contributed by atoms with van der Waals surface area (Å²) in [6.07, 6.45) is -3.73. The molecule has 13 heteroatoms. The molecule has 4 rings (SSSR count). The van der Waals surface area contributed by atoms with Crippen molar-refractivity contribution in [2.24, 2.45) is 5.92 Å². The van der Waals surface area contributed by atoms with Crippen LogP contribution in [0.5, 0.6) is 5.88 Å². The van der Waals surface area contributed by atoms with E-state index in [4.69, 9.17) is 4.74 Å². The highest BCUT2D eigenvalue weighted by atomic mass is 19.4. The van der Waals surface area contributed by atoms with Crippen LogP contribution in [-0.2, 0) is 4.79 Å². The van der Waals surface area contributed by atoms with E-state index in [1.807, 2.05) is 6.92 Å². The molecule has 202 valence electrons. The Bertz CT molecular complexity index is 1150. The van der Waals surface area contributed by atoms with Gasteiger partial charge in [0.15, 0.2) is 17.1 Å². The number of pyridine rings is 1. The molecule has 0 aromatic carbocycles. The summed E-state index contributed by atoms with van der Waals surface area (Å²) in [7, 11) is 1.40. The van der Waals surface area contributed by atoms with E-state index in [9.17, 15) is 32.3 Å². The second kappa shape index (κ2) is 10.3. The van der Waals surface area contributed by atoms with Crippen molar-refractivity contribution in [1.82, 2.24) is 25.4 Å². The average molecular weight is 528 g/mol. The number of nitrogens with zero attached hydrogens (tertiary/aromatic N) is 3. The monoisotopic (exact) mass is 527 g/mol. The number of halogens is 4. The van der Waals surface area contributed by atoms with E-state index < -0.39 is 42.4 Å². The molecule has 0 spiro atoms. The molecule has 0 radical (unpaired) electrons. The highest BCUT2D eigenvalue weighted by Crippen LogP contribution is 2.41. The molecule has 0 unspecified atom stereocenters. The Kier molecular flexibility index (Phi) is 7.45. The van der Waals surface area contributed by atoms with Gasteiger partial charge in [-0.05, 0) is 51.5 Å². The van der Waals surface area contributed by atoms with Gasteiger partial charge in [-0.25, -0.2) is 9.37 Å². The number of aliphatic hydroxyl groups is 1. The third-order valence-electron chi connectivity index (χ3n) is 7.32. The summed E-state index contributed by atoms with van der Waals surface area (Å²) >= 11 is 0. The molecule has 2 amide bonds. The Morgan fingerprint density at radius 3 is 2.57 bits per heavy atom. The van der Waals surface area contributed by atoms with Crippen molar-refractivity contribution in [2.75, 3.05) is 13.7 Å². The van der Waals surface area contributed by atoms with Crippen LogP contribution in [0.15, 0.2) is 18.3 Å². The zero-order chi connectivity index (χ0) is 27.0. The van der Waals surface area contributed by atoms with E-state index in [1.165, 1.54) is 19.2 Å². The lowest BCUT2D eigenvalue weighted by Gasteiger charge is -2.39. The number of amides is 2. The van der Waals surface area contributed by atoms with Crippen LogP contribution in [0, 0.1) is 11.7 Å². The van der Waals surface area contributed by atoms with Crippen LogP contribution in [0.4, 0.5) is 17.6 Å². The fourth-order valence-electron chi connectivity index (χ4n) is 5.01. The van der Waals surface area contributed by atoms with Gasteiger partial charge in [0.1, 0.15) is 0 Å². The summed E-state index contributed by atoms with van der Waals surface area (Å²) in [5.41, 5.74) is -2.17. The molecule has 2 aromatic heterocycles. The third-order valence-corrected chi connectivity index (χ3v) is 7.32. The number of carbonyl (C=O) groups is 2. The van der Waals surface area contributed by atoms with E-state index in [2.05, 4.69) is 20.5 Å². The number of aromatic amines is 1. The summed E-state index contributed by atoms with van der Waals surface area (Å²) in [6, 6.07) is 2.10. The standard InChI is InChI=1S/C24H29F4N5O4/c1-13-9-14(21(34)30-15-3-6-23(36,7-4-15)24(26,27)28)5-8-33(13)22(35)19-11-18(31-32-19)16-10-20(37-2)29-12-17(16)25/h10-15,36H,3-9H2,1-2H3,(H,30,34)(H,31,32)/t13-,14-,15-,23-/m0/s1. The minimum atomic E-state index is -4.69. The van der Waals surface area contributed by atoms with Crippen molar-refractivity contribution in [2.45, 2.75) is 69.3 Å². The molecule has 2 aliphatic rings. The number of hydrogen-bond acceptors (Lipinski definition) is 6. The van der Waals surface area contributed by atoms with Crippen LogP contribution >= 0.6 is 0 Å². The Labute approximate surface area is 210 Å². The second-order valence-electron chi connectivity index (χ2n) is 9.75. The minimum Gasteiger partial charge on any atom is -0.481 e. The predicted octanol–water partition coefficient (Wildman–Crippen LogP) is 3.21. The van der Waals surface area contributed by atoms with Gasteiger partial charge in [0.25, 0.3) is 5.91 Å². The van der Waals surface area contributed by atoms with Crippen molar-refractivity contribution in [1.29, 1.82) is 0 Å². The SMILES string of the molecule is COc1cc(-c2cc(C(=O)N3CC[C@H](C(=O)N[C@H]4CC[C@@](O)(C(F)(F)F)CC4)C[C@@H]3C)n[nH]2)c(F)cn1. The number of ether oxygens (including phenoxy) is 1. The number of likely N-dealkylation sites (tertiary alicyclic amines) is 1. The molecule has 1 aliphatic heterocycles. The number of methoxy groups -OCH3 is 1. The number of nitrogens with one attached hydrogen (secondary N) is 2. The Morgan fingerprint density at radius 2 is 1.95 bits per heavy atom. The highest BCUT2D eigenvalue weighted by Gasteiger charge is 2.54. The molecule has 2 fully saturated rings. The molecular formula is C24H29F4N5O4. The van der Waals surface area contributed by atoms with Gasteiger partial charge in [0.2, 0.25) is 11.8 Å². The van der Waals surface area contributed by atoms with Crippen molar-refractivity contribution in [3.05, 3.63) is 29.8 Å². The van der Waals surface area contributed by atoms with Crippen LogP contribution in [0.25, 0.3) is 11.3 Å². The first-order valence-corrected chi connectivity index (χ1v) is 12.1. The fourth-order valence-corrected chi connectivity index (χ4v) is 5.01. The molecule has 3 N–H and O–H groups in total. The molecule has 1 aliphatic carbocycles. The van der Waals surface area contributed by atoms with Crippen molar-refractivity contribution >= 4 is 11.8 Å². The van der Waals surface area contributed by atoms with Crippen LogP contribution in [0.2, 0.25) is 0 Å². The maximum Gasteiger partial charge on any atom is 0.417 e. The van der Waals surface area contributed by atoms with Crippen LogP contribution < -0.4 is 10.1 Å². The number of H-pyrrole nitrogens is 1. The normalized spacial score (nSPS) is 26.6. The first-order chi connectivity index (χ1) is 17.4. The second-order valence-corrected chi connectivity index (χ2v) is 9.75. The predicted molar refractivity (Wildman–Crippen MR) is 123 cm³/mol. The quantitative estimate of drug-likeness (QED) is 0.514. The summed E-state index contributed by atoms with van der Waals surface area (Å²) in [5.74, 6) is -1.42. The molecule has 1 saturated carbocycles. The van der Waals surface area contributed by atoms with E-state index in [1.54, 1.807) is 4.90 Å². The van der Waals surface area contributed by atoms with Gasteiger partial charge in [-0.15, -0.1) is 0 Å². The minimum absolute atomic E-state index is 0.0417. The van der Waals surface area contributed by atoms with Gasteiger partial charge in [0, 0.05) is 36.2 Å². The maximum absolute atomic E-state index is 14.2. The summed E-state index contributed by atoms with van der Waals surface area (Å²) in [4.78, 5) is 31.3. The number of rotatable bonds is 5. The lowest BCUT2D eigenvalue weighted by Crippen LogP contribution is -2.53. The largest absolute Gasteiger partial charge is 0.481 e. The molecule has 2 aromatic rings. The Balaban J connectivity index is 1.33. The molecule has 1 saturated heterocycles.